The molecule has 0 atom stereocenters. The number of halogens is 2. The quantitative estimate of drug-likeness (QED) is 0.319. The van der Waals surface area contributed by atoms with Crippen molar-refractivity contribution in [1.82, 2.24) is 0 Å². The van der Waals surface area contributed by atoms with E-state index in [0.29, 0.717) is 69.9 Å². The fraction of sp³-hybridized carbons (Fsp3) is 0.625. The Hall–Kier alpha value is -1.78. The minimum absolute atomic E-state index is 0.0554. The molecule has 2 aliphatic carbocycles. The molecule has 0 saturated heterocycles. The van der Waals surface area contributed by atoms with Gasteiger partial charge in [-0.25, -0.2) is 0 Å². The molecule has 0 amide bonds. The predicted molar refractivity (Wildman–Crippen MR) is 158 cm³/mol. The maximum absolute atomic E-state index is 12.0. The van der Waals surface area contributed by atoms with Crippen molar-refractivity contribution in [2.45, 2.75) is 106 Å². The number of ether oxygens (including phenoxy) is 2. The van der Waals surface area contributed by atoms with E-state index in [1.54, 1.807) is 0 Å². The van der Waals surface area contributed by atoms with Crippen LogP contribution in [0, 0.1) is 10.8 Å². The first kappa shape index (κ1) is 29.2. The molecule has 210 valence electrons. The van der Waals surface area contributed by atoms with Gasteiger partial charge in [-0.3, -0.25) is 0 Å². The molecule has 0 spiro atoms. The van der Waals surface area contributed by atoms with Crippen LogP contribution in [0.3, 0.4) is 0 Å². The Morgan fingerprint density at radius 1 is 0.658 bits per heavy atom. The lowest BCUT2D eigenvalue weighted by molar-refractivity contribution is 0.327. The minimum atomic E-state index is -0.117. The van der Waals surface area contributed by atoms with Gasteiger partial charge < -0.3 is 19.7 Å². The van der Waals surface area contributed by atoms with Crippen molar-refractivity contribution in [3.05, 3.63) is 32.3 Å². The molecule has 0 radical (unpaired) electrons. The number of phenols is 2. The highest BCUT2D eigenvalue weighted by Crippen LogP contribution is 2.62. The summed E-state index contributed by atoms with van der Waals surface area (Å²) in [6, 6.07) is 0. The van der Waals surface area contributed by atoms with Crippen molar-refractivity contribution in [2.75, 3.05) is 13.2 Å². The van der Waals surface area contributed by atoms with Crippen LogP contribution in [0.15, 0.2) is 0 Å². The van der Waals surface area contributed by atoms with Crippen LogP contribution in [0.25, 0.3) is 11.1 Å². The molecule has 0 heterocycles. The Morgan fingerprint density at radius 3 is 1.21 bits per heavy atom. The monoisotopic (exact) mass is 562 g/mol. The molecule has 0 aromatic heterocycles. The van der Waals surface area contributed by atoms with Gasteiger partial charge in [-0.2, -0.15) is 0 Å². The first-order chi connectivity index (χ1) is 17.7. The van der Waals surface area contributed by atoms with Gasteiger partial charge in [0, 0.05) is 22.3 Å². The van der Waals surface area contributed by atoms with E-state index < -0.39 is 0 Å². The number of benzene rings is 2. The first-order valence-corrected chi connectivity index (χ1v) is 14.9. The fourth-order valence-corrected chi connectivity index (χ4v) is 6.22. The Labute approximate surface area is 238 Å². The molecular weight excluding hydrogens is 519 g/mol. The zero-order valence-corrected chi connectivity index (χ0v) is 25.8. The van der Waals surface area contributed by atoms with Crippen molar-refractivity contribution in [1.29, 1.82) is 0 Å². The van der Waals surface area contributed by atoms with Gasteiger partial charge in [0.25, 0.3) is 0 Å². The highest BCUT2D eigenvalue weighted by atomic mass is 35.5. The Morgan fingerprint density at radius 2 is 0.974 bits per heavy atom. The summed E-state index contributed by atoms with van der Waals surface area (Å²) in [4.78, 5) is 0. The maximum atomic E-state index is 12.0. The average molecular weight is 564 g/mol. The van der Waals surface area contributed by atoms with E-state index in [-0.39, 0.29) is 34.2 Å². The summed E-state index contributed by atoms with van der Waals surface area (Å²) in [5, 5.41) is 25.2. The third kappa shape index (κ3) is 5.87. The van der Waals surface area contributed by atoms with Crippen LogP contribution in [0.5, 0.6) is 23.0 Å². The van der Waals surface area contributed by atoms with Crippen LogP contribution in [-0.4, -0.2) is 23.4 Å². The summed E-state index contributed by atoms with van der Waals surface area (Å²) in [7, 11) is 0. The highest BCUT2D eigenvalue weighted by molar-refractivity contribution is 6.34. The van der Waals surface area contributed by atoms with E-state index in [4.69, 9.17) is 32.7 Å². The molecule has 2 fully saturated rings. The number of rotatable bonds is 9. The standard InChI is InChI=1S/C32H44Cl2O4/c1-9-37-29-21(17-11-12-17)25(33)19(15-31(3,4)5)27(35)23(29)24-28(36)20(16-32(6,7)8)26(34)22(18-13-14-18)30(24)38-10-2/h17-18,35-36H,9-16H2,1-8H3. The fourth-order valence-electron chi connectivity index (χ4n) is 5.43. The van der Waals surface area contributed by atoms with Gasteiger partial charge >= 0.3 is 0 Å². The van der Waals surface area contributed by atoms with E-state index in [9.17, 15) is 10.2 Å². The van der Waals surface area contributed by atoms with Crippen LogP contribution in [-0.2, 0) is 12.8 Å². The van der Waals surface area contributed by atoms with Crippen LogP contribution in [0.1, 0.15) is 115 Å². The summed E-state index contributed by atoms with van der Waals surface area (Å²) in [6.07, 6.45) is 5.25. The largest absolute Gasteiger partial charge is 0.507 e. The smallest absolute Gasteiger partial charge is 0.136 e. The van der Waals surface area contributed by atoms with Gasteiger partial charge in [0.05, 0.1) is 34.4 Å². The Balaban J connectivity index is 2.17. The number of phenolic OH excluding ortho intramolecular Hbond substituents is 2. The van der Waals surface area contributed by atoms with E-state index in [2.05, 4.69) is 41.5 Å². The number of hydrogen-bond donors (Lipinski definition) is 2. The van der Waals surface area contributed by atoms with Crippen LogP contribution in [0.4, 0.5) is 0 Å². The van der Waals surface area contributed by atoms with E-state index >= 15 is 0 Å². The van der Waals surface area contributed by atoms with Gasteiger partial charge in [0.1, 0.15) is 23.0 Å². The summed E-state index contributed by atoms with van der Waals surface area (Å²) in [5.74, 6) is 1.75. The molecule has 2 aromatic carbocycles. The zero-order valence-electron chi connectivity index (χ0n) is 24.3. The third-order valence-electron chi connectivity index (χ3n) is 7.20. The average Bonchev–Trinajstić information content (AvgIpc) is 3.70. The molecule has 6 heteroatoms. The Kier molecular flexibility index (Phi) is 8.19. The molecule has 2 saturated carbocycles. The molecule has 0 aliphatic heterocycles. The summed E-state index contributed by atoms with van der Waals surface area (Å²) >= 11 is 14.2. The zero-order chi connectivity index (χ0) is 28.2. The highest BCUT2D eigenvalue weighted by Gasteiger charge is 2.40. The van der Waals surface area contributed by atoms with Crippen LogP contribution in [0.2, 0.25) is 10.0 Å². The molecule has 0 bridgehead atoms. The van der Waals surface area contributed by atoms with E-state index in [1.807, 2.05) is 13.8 Å². The molecule has 38 heavy (non-hydrogen) atoms. The second-order valence-corrected chi connectivity index (χ2v) is 14.2. The molecule has 2 aliphatic rings. The van der Waals surface area contributed by atoms with E-state index in [0.717, 1.165) is 36.8 Å². The first-order valence-electron chi connectivity index (χ1n) is 14.1. The minimum Gasteiger partial charge on any atom is -0.507 e. The maximum Gasteiger partial charge on any atom is 0.136 e. The molecule has 4 nitrogen and oxygen atoms in total. The molecule has 4 rings (SSSR count). The second kappa shape index (κ2) is 10.7. The van der Waals surface area contributed by atoms with Gasteiger partial charge in [-0.1, -0.05) is 64.7 Å². The topological polar surface area (TPSA) is 58.9 Å². The SMILES string of the molecule is CCOc1c(-c2c(O)c(CC(C)(C)C)c(Cl)c(C3CC3)c2OCC)c(O)c(CC(C)(C)C)c(Cl)c1C1CC1. The van der Waals surface area contributed by atoms with E-state index in [1.165, 1.54) is 0 Å². The lowest BCUT2D eigenvalue weighted by Crippen LogP contribution is -2.13. The summed E-state index contributed by atoms with van der Waals surface area (Å²) in [5.41, 5.74) is 3.98. The molecule has 2 aromatic rings. The van der Waals surface area contributed by atoms with Gasteiger partial charge in [-0.05, 0) is 75.0 Å². The molecule has 0 unspecified atom stereocenters. The normalized spacial score (nSPS) is 16.2. The summed E-state index contributed by atoms with van der Waals surface area (Å²) < 4.78 is 12.6. The predicted octanol–water partition coefficient (Wildman–Crippen LogP) is 9.80. The summed E-state index contributed by atoms with van der Waals surface area (Å²) in [6.45, 7) is 17.5. The van der Waals surface area contributed by atoms with Gasteiger partial charge in [0.15, 0.2) is 0 Å². The third-order valence-corrected chi connectivity index (χ3v) is 8.07. The van der Waals surface area contributed by atoms with Crippen molar-refractivity contribution >= 4 is 23.2 Å². The molecular formula is C32H44Cl2O4. The lowest BCUT2D eigenvalue weighted by atomic mass is 9.81. The van der Waals surface area contributed by atoms with Crippen LogP contribution >= 0.6 is 23.2 Å². The van der Waals surface area contributed by atoms with Crippen molar-refractivity contribution in [2.24, 2.45) is 10.8 Å². The van der Waals surface area contributed by atoms with Gasteiger partial charge in [-0.15, -0.1) is 0 Å². The number of aromatic hydroxyl groups is 2. The van der Waals surface area contributed by atoms with Crippen molar-refractivity contribution in [3.63, 3.8) is 0 Å². The van der Waals surface area contributed by atoms with Gasteiger partial charge in [0.2, 0.25) is 0 Å². The Bertz CT molecular complexity index is 1120. The number of hydrogen-bond acceptors (Lipinski definition) is 4. The van der Waals surface area contributed by atoms with Crippen LogP contribution < -0.4 is 9.47 Å². The second-order valence-electron chi connectivity index (χ2n) is 13.4. The molecule has 2 N–H and O–H groups in total. The lowest BCUT2D eigenvalue weighted by Gasteiger charge is -2.29. The van der Waals surface area contributed by atoms with Crippen molar-refractivity contribution in [3.8, 4) is 34.1 Å². The van der Waals surface area contributed by atoms with Crippen molar-refractivity contribution < 1.29 is 19.7 Å².